The van der Waals surface area contributed by atoms with Crippen molar-refractivity contribution >= 4 is 5.91 Å². The van der Waals surface area contributed by atoms with Gasteiger partial charge in [0.2, 0.25) is 5.91 Å². The lowest BCUT2D eigenvalue weighted by molar-refractivity contribution is -0.147. The Kier molecular flexibility index (Phi) is 3.54. The van der Waals surface area contributed by atoms with E-state index in [1.165, 1.54) is 31.2 Å². The Morgan fingerprint density at radius 1 is 1.26 bits per heavy atom. The maximum Gasteiger partial charge on any atom is 0.228 e. The normalized spacial score (nSPS) is 25.9. The monoisotopic (exact) mass is 315 g/mol. The summed E-state index contributed by atoms with van der Waals surface area (Å²) in [6.45, 7) is 6.22. The number of piperidine rings is 1. The number of amides is 1. The van der Waals surface area contributed by atoms with Gasteiger partial charge in [-0.1, -0.05) is 20.3 Å². The van der Waals surface area contributed by atoms with Crippen LogP contribution in [0, 0.1) is 5.41 Å². The lowest BCUT2D eigenvalue weighted by Gasteiger charge is -2.43. The summed E-state index contributed by atoms with van der Waals surface area (Å²) in [7, 11) is 0. The predicted molar refractivity (Wildman–Crippen MR) is 90.2 cm³/mol. The van der Waals surface area contributed by atoms with E-state index in [1.807, 2.05) is 0 Å². The maximum absolute atomic E-state index is 12.6. The standard InChI is InChI=1S/C19H29N3O/c1-3-19(9-10-19)15-13-20-22(14-15)16-5-11-21(12-6-16)17(23)18(2)7-4-8-18/h13-14,16H,3-12H2,1-2H3. The molecular weight excluding hydrogens is 286 g/mol. The fraction of sp³-hybridized carbons (Fsp3) is 0.789. The third kappa shape index (κ3) is 2.50. The third-order valence-corrected chi connectivity index (χ3v) is 6.84. The van der Waals surface area contributed by atoms with Crippen molar-refractivity contribution in [3.8, 4) is 0 Å². The van der Waals surface area contributed by atoms with Gasteiger partial charge >= 0.3 is 0 Å². The molecule has 2 heterocycles. The molecule has 0 atom stereocenters. The topological polar surface area (TPSA) is 38.1 Å². The second kappa shape index (κ2) is 5.35. The van der Waals surface area contributed by atoms with Gasteiger partial charge in [0.25, 0.3) is 0 Å². The van der Waals surface area contributed by atoms with E-state index in [9.17, 15) is 4.79 Å². The SMILES string of the molecule is CCC1(c2cnn(C3CCN(C(=O)C4(C)CCC4)CC3)c2)CC1. The molecule has 0 aromatic carbocycles. The number of hydrogen-bond donors (Lipinski definition) is 0. The van der Waals surface area contributed by atoms with E-state index < -0.39 is 0 Å². The van der Waals surface area contributed by atoms with Crippen LogP contribution in [0.1, 0.15) is 76.8 Å². The Balaban J connectivity index is 1.37. The second-order valence-electron chi connectivity index (χ2n) is 8.28. The van der Waals surface area contributed by atoms with Gasteiger partial charge in [0.1, 0.15) is 0 Å². The molecule has 4 nitrogen and oxygen atoms in total. The molecule has 1 saturated heterocycles. The van der Waals surface area contributed by atoms with Gasteiger partial charge < -0.3 is 4.90 Å². The zero-order chi connectivity index (χ0) is 16.1. The molecule has 1 amide bonds. The van der Waals surface area contributed by atoms with Crippen LogP contribution in [0.2, 0.25) is 0 Å². The van der Waals surface area contributed by atoms with Crippen LogP contribution >= 0.6 is 0 Å². The van der Waals surface area contributed by atoms with E-state index in [4.69, 9.17) is 0 Å². The van der Waals surface area contributed by atoms with Crippen molar-refractivity contribution in [3.63, 3.8) is 0 Å². The second-order valence-corrected chi connectivity index (χ2v) is 8.28. The van der Waals surface area contributed by atoms with E-state index in [1.54, 1.807) is 0 Å². The predicted octanol–water partition coefficient (Wildman–Crippen LogP) is 3.68. The minimum absolute atomic E-state index is 0.0504. The first kappa shape index (κ1) is 15.2. The van der Waals surface area contributed by atoms with Crippen LogP contribution in [0.5, 0.6) is 0 Å². The Labute approximate surface area is 139 Å². The number of carbonyl (C=O) groups is 1. The first-order valence-electron chi connectivity index (χ1n) is 9.40. The summed E-state index contributed by atoms with van der Waals surface area (Å²) in [5, 5.41) is 4.65. The molecule has 0 spiro atoms. The summed E-state index contributed by atoms with van der Waals surface area (Å²) in [4.78, 5) is 14.7. The van der Waals surface area contributed by atoms with Gasteiger partial charge in [0, 0.05) is 24.7 Å². The number of rotatable bonds is 4. The summed E-state index contributed by atoms with van der Waals surface area (Å²) in [5.74, 6) is 0.395. The number of carbonyl (C=O) groups excluding carboxylic acids is 1. The van der Waals surface area contributed by atoms with Crippen molar-refractivity contribution in [2.75, 3.05) is 13.1 Å². The maximum atomic E-state index is 12.6. The van der Waals surface area contributed by atoms with Crippen molar-refractivity contribution in [2.45, 2.75) is 76.7 Å². The van der Waals surface area contributed by atoms with Crippen LogP contribution in [0.3, 0.4) is 0 Å². The molecule has 0 unspecified atom stereocenters. The van der Waals surface area contributed by atoms with Crippen LogP contribution in [0.15, 0.2) is 12.4 Å². The van der Waals surface area contributed by atoms with E-state index >= 15 is 0 Å². The molecule has 1 aromatic rings. The fourth-order valence-corrected chi connectivity index (χ4v) is 4.45. The van der Waals surface area contributed by atoms with Gasteiger partial charge in [-0.3, -0.25) is 9.48 Å². The van der Waals surface area contributed by atoms with Gasteiger partial charge in [-0.15, -0.1) is 0 Å². The Hall–Kier alpha value is -1.32. The van der Waals surface area contributed by atoms with E-state index in [0.717, 1.165) is 38.8 Å². The first-order valence-corrected chi connectivity index (χ1v) is 9.40. The first-order chi connectivity index (χ1) is 11.1. The van der Waals surface area contributed by atoms with Crippen molar-refractivity contribution in [3.05, 3.63) is 18.0 Å². The average molecular weight is 315 g/mol. The molecule has 1 aliphatic heterocycles. The molecule has 2 saturated carbocycles. The van der Waals surface area contributed by atoms with Crippen molar-refractivity contribution in [2.24, 2.45) is 5.41 Å². The Morgan fingerprint density at radius 2 is 1.96 bits per heavy atom. The highest BCUT2D eigenvalue weighted by Gasteiger charge is 2.44. The van der Waals surface area contributed by atoms with E-state index in [2.05, 4.69) is 40.9 Å². The van der Waals surface area contributed by atoms with Gasteiger partial charge in [0.05, 0.1) is 12.2 Å². The largest absolute Gasteiger partial charge is 0.342 e. The minimum Gasteiger partial charge on any atom is -0.342 e. The van der Waals surface area contributed by atoms with Crippen LogP contribution < -0.4 is 0 Å². The van der Waals surface area contributed by atoms with E-state index in [-0.39, 0.29) is 5.41 Å². The highest BCUT2D eigenvalue weighted by atomic mass is 16.2. The smallest absolute Gasteiger partial charge is 0.228 e. The molecule has 126 valence electrons. The van der Waals surface area contributed by atoms with Crippen LogP contribution in [-0.4, -0.2) is 33.7 Å². The molecule has 0 radical (unpaired) electrons. The Morgan fingerprint density at radius 3 is 2.48 bits per heavy atom. The van der Waals surface area contributed by atoms with Crippen LogP contribution in [0.4, 0.5) is 0 Å². The molecule has 23 heavy (non-hydrogen) atoms. The molecular formula is C19H29N3O. The molecule has 1 aromatic heterocycles. The van der Waals surface area contributed by atoms with E-state index in [0.29, 0.717) is 17.4 Å². The summed E-state index contributed by atoms with van der Waals surface area (Å²) < 4.78 is 2.18. The number of aromatic nitrogens is 2. The summed E-state index contributed by atoms with van der Waals surface area (Å²) in [6, 6.07) is 0.467. The van der Waals surface area contributed by atoms with Gasteiger partial charge in [-0.05, 0) is 55.9 Å². The van der Waals surface area contributed by atoms with Crippen molar-refractivity contribution in [1.82, 2.24) is 14.7 Å². The lowest BCUT2D eigenvalue weighted by atomic mass is 9.69. The van der Waals surface area contributed by atoms with Gasteiger partial charge in [-0.25, -0.2) is 0 Å². The number of hydrogen-bond acceptors (Lipinski definition) is 2. The summed E-state index contributed by atoms with van der Waals surface area (Å²) in [6.07, 6.45) is 13.7. The fourth-order valence-electron chi connectivity index (χ4n) is 4.45. The van der Waals surface area contributed by atoms with Crippen molar-refractivity contribution in [1.29, 1.82) is 0 Å². The minimum atomic E-state index is -0.0504. The molecule has 0 bridgehead atoms. The molecule has 3 fully saturated rings. The van der Waals surface area contributed by atoms with Crippen LogP contribution in [0.25, 0.3) is 0 Å². The van der Waals surface area contributed by atoms with Gasteiger partial charge in [0.15, 0.2) is 0 Å². The number of nitrogens with zero attached hydrogens (tertiary/aromatic N) is 3. The summed E-state index contributed by atoms with van der Waals surface area (Å²) >= 11 is 0. The molecule has 4 heteroatoms. The van der Waals surface area contributed by atoms with Gasteiger partial charge in [-0.2, -0.15) is 5.10 Å². The van der Waals surface area contributed by atoms with Crippen LogP contribution in [-0.2, 0) is 10.2 Å². The Bertz CT molecular complexity index is 590. The highest BCUT2D eigenvalue weighted by molar-refractivity contribution is 5.83. The lowest BCUT2D eigenvalue weighted by Crippen LogP contribution is -2.49. The third-order valence-electron chi connectivity index (χ3n) is 6.84. The molecule has 0 N–H and O–H groups in total. The average Bonchev–Trinajstić information content (AvgIpc) is 3.20. The molecule has 4 rings (SSSR count). The molecule has 3 aliphatic rings. The quantitative estimate of drug-likeness (QED) is 0.850. The number of likely N-dealkylation sites (tertiary alicyclic amines) is 1. The zero-order valence-electron chi connectivity index (χ0n) is 14.6. The highest BCUT2D eigenvalue weighted by Crippen LogP contribution is 2.51. The van der Waals surface area contributed by atoms with Crippen molar-refractivity contribution < 1.29 is 4.79 Å². The molecule has 2 aliphatic carbocycles. The zero-order valence-corrected chi connectivity index (χ0v) is 14.6. The summed E-state index contributed by atoms with van der Waals surface area (Å²) in [5.41, 5.74) is 1.82.